The van der Waals surface area contributed by atoms with Gasteiger partial charge < -0.3 is 24.4 Å². The van der Waals surface area contributed by atoms with Crippen LogP contribution in [0.3, 0.4) is 0 Å². The van der Waals surface area contributed by atoms with Gasteiger partial charge in [0.2, 0.25) is 0 Å². The van der Waals surface area contributed by atoms with Crippen molar-refractivity contribution in [2.24, 2.45) is 17.8 Å². The molecule has 3 fully saturated rings. The molecule has 1 spiro atoms. The van der Waals surface area contributed by atoms with Crippen LogP contribution in [-0.4, -0.2) is 41.9 Å². The Morgan fingerprint density at radius 2 is 1.96 bits per heavy atom. The van der Waals surface area contributed by atoms with Crippen LogP contribution in [-0.2, 0) is 9.47 Å². The van der Waals surface area contributed by atoms with Gasteiger partial charge in [-0.15, -0.1) is 0 Å². The highest BCUT2D eigenvalue weighted by Gasteiger charge is 2.64. The molecule has 5 nitrogen and oxygen atoms in total. The summed E-state index contributed by atoms with van der Waals surface area (Å²) in [5.74, 6) is 1.45. The van der Waals surface area contributed by atoms with Crippen LogP contribution in [0.2, 0.25) is 0 Å². The number of hydrogen-bond acceptors (Lipinski definition) is 5. The second-order valence-corrected chi connectivity index (χ2v) is 8.31. The molecule has 0 aromatic heterocycles. The second kappa shape index (κ2) is 8.08. The number of hydrogen-bond donors (Lipinski definition) is 2. The minimum Gasteiger partial charge on any atom is -0.494 e. The van der Waals surface area contributed by atoms with Crippen LogP contribution in [0, 0.1) is 17.8 Å². The number of benzene rings is 1. The summed E-state index contributed by atoms with van der Waals surface area (Å²) in [6.07, 6.45) is 4.49. The molecule has 2 saturated carbocycles. The van der Waals surface area contributed by atoms with E-state index in [1.165, 1.54) is 0 Å². The number of ether oxygens (including phenoxy) is 3. The first-order valence-corrected chi connectivity index (χ1v) is 10.5. The lowest BCUT2D eigenvalue weighted by Crippen LogP contribution is -2.53. The molecule has 4 rings (SSSR count). The average Bonchev–Trinajstić information content (AvgIpc) is 3.26. The smallest absolute Gasteiger partial charge is 0.171 e. The number of aliphatic hydroxyl groups is 2. The Bertz CT molecular complexity index is 610. The van der Waals surface area contributed by atoms with E-state index in [0.29, 0.717) is 31.5 Å². The summed E-state index contributed by atoms with van der Waals surface area (Å²) in [4.78, 5) is 0. The summed E-state index contributed by atoms with van der Waals surface area (Å²) in [7, 11) is 0. The summed E-state index contributed by atoms with van der Waals surface area (Å²) in [6.45, 7) is 4.21. The Labute approximate surface area is 161 Å². The fourth-order valence-corrected chi connectivity index (χ4v) is 5.16. The summed E-state index contributed by atoms with van der Waals surface area (Å²) in [6, 6.07) is 7.75. The van der Waals surface area contributed by atoms with Crippen molar-refractivity contribution in [2.75, 3.05) is 19.8 Å². The molecular formula is C22H32O5. The van der Waals surface area contributed by atoms with E-state index in [0.717, 1.165) is 50.0 Å². The largest absolute Gasteiger partial charge is 0.494 e. The van der Waals surface area contributed by atoms with Crippen molar-refractivity contribution in [3.63, 3.8) is 0 Å². The van der Waals surface area contributed by atoms with Gasteiger partial charge in [0.25, 0.3) is 0 Å². The molecule has 150 valence electrons. The Morgan fingerprint density at radius 3 is 2.67 bits per heavy atom. The molecule has 1 heterocycles. The molecule has 0 bridgehead atoms. The van der Waals surface area contributed by atoms with Crippen molar-refractivity contribution in [2.45, 2.75) is 63.4 Å². The van der Waals surface area contributed by atoms with Crippen molar-refractivity contribution in [1.29, 1.82) is 0 Å². The van der Waals surface area contributed by atoms with E-state index in [9.17, 15) is 10.2 Å². The second-order valence-electron chi connectivity index (χ2n) is 8.31. The molecule has 1 aromatic rings. The van der Waals surface area contributed by atoms with Gasteiger partial charge in [-0.3, -0.25) is 0 Å². The molecule has 5 atom stereocenters. The first-order chi connectivity index (χ1) is 13.1. The minimum atomic E-state index is -0.506. The summed E-state index contributed by atoms with van der Waals surface area (Å²) in [5.41, 5.74) is 0.911. The Morgan fingerprint density at radius 1 is 1.22 bits per heavy atom. The third kappa shape index (κ3) is 3.75. The maximum absolute atomic E-state index is 10.6. The molecule has 3 aliphatic rings. The van der Waals surface area contributed by atoms with Crippen LogP contribution < -0.4 is 4.74 Å². The quantitative estimate of drug-likeness (QED) is 0.680. The maximum Gasteiger partial charge on any atom is 0.171 e. The van der Waals surface area contributed by atoms with Crippen molar-refractivity contribution in [3.8, 4) is 5.75 Å². The highest BCUT2D eigenvalue weighted by Crippen LogP contribution is 2.60. The van der Waals surface area contributed by atoms with Crippen LogP contribution in [0.5, 0.6) is 5.75 Å². The van der Waals surface area contributed by atoms with Gasteiger partial charge in [0.1, 0.15) is 5.75 Å². The highest BCUT2D eigenvalue weighted by molar-refractivity contribution is 5.28. The monoisotopic (exact) mass is 376 g/mol. The molecule has 2 aliphatic carbocycles. The molecule has 27 heavy (non-hydrogen) atoms. The number of unbranched alkanes of at least 4 members (excludes halogenated alkanes) is 1. The zero-order valence-electron chi connectivity index (χ0n) is 16.2. The minimum absolute atomic E-state index is 0.236. The van der Waals surface area contributed by atoms with E-state index in [2.05, 4.69) is 6.92 Å². The standard InChI is InChI=1S/C22H32O5/c1-2-3-10-25-16-6-4-15(5-7-16)20(23)9-8-17-18-14-22(26-11-12-27-22)19(18)13-21(17)24/h4-7,17-21,23-24H,2-3,8-14H2,1H3. The zero-order valence-corrected chi connectivity index (χ0v) is 16.2. The van der Waals surface area contributed by atoms with Gasteiger partial charge in [-0.2, -0.15) is 0 Å². The van der Waals surface area contributed by atoms with Crippen LogP contribution in [0.15, 0.2) is 24.3 Å². The normalized spacial score (nSPS) is 32.3. The summed E-state index contributed by atoms with van der Waals surface area (Å²) in [5, 5.41) is 21.1. The molecule has 1 saturated heterocycles. The zero-order chi connectivity index (χ0) is 18.9. The van der Waals surface area contributed by atoms with Crippen molar-refractivity contribution < 1.29 is 24.4 Å². The Kier molecular flexibility index (Phi) is 5.74. The van der Waals surface area contributed by atoms with Gasteiger partial charge in [0, 0.05) is 12.3 Å². The average molecular weight is 376 g/mol. The van der Waals surface area contributed by atoms with Gasteiger partial charge in [0.05, 0.1) is 32.0 Å². The molecule has 1 aromatic carbocycles. The fourth-order valence-electron chi connectivity index (χ4n) is 5.16. The topological polar surface area (TPSA) is 68.2 Å². The van der Waals surface area contributed by atoms with Gasteiger partial charge >= 0.3 is 0 Å². The lowest BCUT2D eigenvalue weighted by atomic mass is 9.66. The number of fused-ring (bicyclic) bond motifs is 2. The van der Waals surface area contributed by atoms with E-state index in [1.54, 1.807) is 0 Å². The Hall–Kier alpha value is -1.14. The fraction of sp³-hybridized carbons (Fsp3) is 0.727. The Balaban J connectivity index is 1.27. The molecule has 5 heteroatoms. The van der Waals surface area contributed by atoms with E-state index in [4.69, 9.17) is 14.2 Å². The van der Waals surface area contributed by atoms with Crippen molar-refractivity contribution >= 4 is 0 Å². The van der Waals surface area contributed by atoms with E-state index in [1.807, 2.05) is 24.3 Å². The van der Waals surface area contributed by atoms with Gasteiger partial charge in [-0.1, -0.05) is 25.5 Å². The predicted molar refractivity (Wildman–Crippen MR) is 101 cm³/mol. The molecular weight excluding hydrogens is 344 g/mol. The van der Waals surface area contributed by atoms with Crippen LogP contribution in [0.4, 0.5) is 0 Å². The molecule has 0 radical (unpaired) electrons. The van der Waals surface area contributed by atoms with Gasteiger partial charge in [0.15, 0.2) is 5.79 Å². The SMILES string of the molecule is CCCCOc1ccc(C(O)CCC2C(O)CC3C2CC32OCCO2)cc1. The highest BCUT2D eigenvalue weighted by atomic mass is 16.7. The van der Waals surface area contributed by atoms with Crippen LogP contribution >= 0.6 is 0 Å². The van der Waals surface area contributed by atoms with E-state index < -0.39 is 11.9 Å². The van der Waals surface area contributed by atoms with Crippen LogP contribution in [0.1, 0.15) is 57.1 Å². The molecule has 2 N–H and O–H groups in total. The molecule has 0 amide bonds. The third-order valence-electron chi connectivity index (χ3n) is 6.72. The third-order valence-corrected chi connectivity index (χ3v) is 6.72. The van der Waals surface area contributed by atoms with E-state index in [-0.39, 0.29) is 12.0 Å². The number of rotatable bonds is 8. The van der Waals surface area contributed by atoms with Gasteiger partial charge in [-0.25, -0.2) is 0 Å². The van der Waals surface area contributed by atoms with Gasteiger partial charge in [-0.05, 0) is 55.2 Å². The molecule has 1 aliphatic heterocycles. The number of aliphatic hydroxyl groups excluding tert-OH is 2. The summed E-state index contributed by atoms with van der Waals surface area (Å²) < 4.78 is 17.3. The summed E-state index contributed by atoms with van der Waals surface area (Å²) >= 11 is 0. The molecule has 5 unspecified atom stereocenters. The first-order valence-electron chi connectivity index (χ1n) is 10.5. The van der Waals surface area contributed by atoms with Crippen molar-refractivity contribution in [1.82, 2.24) is 0 Å². The van der Waals surface area contributed by atoms with E-state index >= 15 is 0 Å². The first kappa shape index (κ1) is 19.2. The van der Waals surface area contributed by atoms with Crippen LogP contribution in [0.25, 0.3) is 0 Å². The lowest BCUT2D eigenvalue weighted by molar-refractivity contribution is -0.272. The lowest BCUT2D eigenvalue weighted by Gasteiger charge is -2.49. The van der Waals surface area contributed by atoms with Crippen molar-refractivity contribution in [3.05, 3.63) is 29.8 Å². The predicted octanol–water partition coefficient (Wildman–Crippen LogP) is 3.44. The maximum atomic E-state index is 10.6.